The van der Waals surface area contributed by atoms with Crippen molar-refractivity contribution in [3.63, 3.8) is 0 Å². The van der Waals surface area contributed by atoms with Crippen molar-refractivity contribution in [3.05, 3.63) is 29.0 Å². The Kier molecular flexibility index (Phi) is 4.19. The van der Waals surface area contributed by atoms with Gasteiger partial charge in [-0.25, -0.2) is 0 Å². The van der Waals surface area contributed by atoms with E-state index in [-0.39, 0.29) is 11.9 Å². The zero-order chi connectivity index (χ0) is 13.1. The minimum absolute atomic E-state index is 0.0376. The second-order valence-electron chi connectivity index (χ2n) is 4.78. The van der Waals surface area contributed by atoms with Crippen molar-refractivity contribution in [1.29, 1.82) is 0 Å². The molecule has 5 heteroatoms. The van der Waals surface area contributed by atoms with E-state index in [9.17, 15) is 4.79 Å². The lowest BCUT2D eigenvalue weighted by Gasteiger charge is -2.39. The summed E-state index contributed by atoms with van der Waals surface area (Å²) in [6, 6.07) is 1.77. The van der Waals surface area contributed by atoms with Gasteiger partial charge in [0.15, 0.2) is 0 Å². The molecule has 1 amide bonds. The van der Waals surface area contributed by atoms with Gasteiger partial charge in [-0.1, -0.05) is 18.5 Å². The van der Waals surface area contributed by atoms with Crippen LogP contribution in [0.1, 0.15) is 30.1 Å². The van der Waals surface area contributed by atoms with Gasteiger partial charge in [0.25, 0.3) is 5.91 Å². The average Bonchev–Trinajstić information content (AvgIpc) is 2.38. The van der Waals surface area contributed by atoms with Gasteiger partial charge in [0.2, 0.25) is 0 Å². The van der Waals surface area contributed by atoms with E-state index in [1.807, 2.05) is 4.90 Å². The van der Waals surface area contributed by atoms with Gasteiger partial charge in [-0.3, -0.25) is 9.78 Å². The number of rotatable bonds is 2. The molecule has 1 aromatic rings. The third-order valence-electron chi connectivity index (χ3n) is 3.62. The van der Waals surface area contributed by atoms with Crippen LogP contribution in [0.3, 0.4) is 0 Å². The number of halogens is 1. The Bertz CT molecular complexity index is 438. The molecule has 1 fully saturated rings. The summed E-state index contributed by atoms with van der Waals surface area (Å²) in [5.41, 5.74) is 6.31. The van der Waals surface area contributed by atoms with Gasteiger partial charge in [-0.15, -0.1) is 0 Å². The number of carbonyl (C=O) groups excluding carboxylic acids is 1. The summed E-state index contributed by atoms with van der Waals surface area (Å²) < 4.78 is 0. The zero-order valence-corrected chi connectivity index (χ0v) is 11.2. The molecule has 0 aliphatic carbocycles. The number of amides is 1. The Hall–Kier alpha value is -1.13. The van der Waals surface area contributed by atoms with Gasteiger partial charge >= 0.3 is 0 Å². The first-order valence-electron chi connectivity index (χ1n) is 6.25. The van der Waals surface area contributed by atoms with Crippen LogP contribution in [0.5, 0.6) is 0 Å². The molecule has 2 atom stereocenters. The van der Waals surface area contributed by atoms with Crippen LogP contribution in [0.15, 0.2) is 18.5 Å². The standard InChI is InChI=1S/C13H18ClN3O/c1-9-3-2-6-17(12(9)7-15)13(18)10-4-5-16-8-11(10)14/h4-5,8-9,12H,2-3,6-7,15H2,1H3/t9-,12+/m0/s1. The summed E-state index contributed by atoms with van der Waals surface area (Å²) in [7, 11) is 0. The lowest BCUT2D eigenvalue weighted by molar-refractivity contribution is 0.0532. The molecule has 0 aromatic carbocycles. The molecule has 4 nitrogen and oxygen atoms in total. The predicted molar refractivity (Wildman–Crippen MR) is 71.5 cm³/mol. The molecular formula is C13H18ClN3O. The first-order chi connectivity index (χ1) is 8.65. The number of pyridine rings is 1. The van der Waals surface area contributed by atoms with E-state index in [0.717, 1.165) is 19.4 Å². The molecular weight excluding hydrogens is 250 g/mol. The molecule has 18 heavy (non-hydrogen) atoms. The third kappa shape index (κ3) is 2.49. The van der Waals surface area contributed by atoms with E-state index in [1.165, 1.54) is 6.20 Å². The molecule has 2 rings (SSSR count). The number of piperidine rings is 1. The number of hydrogen-bond acceptors (Lipinski definition) is 3. The molecule has 1 aromatic heterocycles. The van der Waals surface area contributed by atoms with Crippen LogP contribution in [-0.2, 0) is 0 Å². The first kappa shape index (κ1) is 13.3. The predicted octanol–water partition coefficient (Wildman–Crippen LogP) is 1.93. The summed E-state index contributed by atoms with van der Waals surface area (Å²) in [5.74, 6) is 0.401. The lowest BCUT2D eigenvalue weighted by atomic mass is 9.90. The molecule has 1 saturated heterocycles. The van der Waals surface area contributed by atoms with E-state index in [1.54, 1.807) is 12.3 Å². The van der Waals surface area contributed by atoms with Gasteiger partial charge in [0, 0.05) is 31.5 Å². The second kappa shape index (κ2) is 5.67. The average molecular weight is 268 g/mol. The van der Waals surface area contributed by atoms with E-state index in [2.05, 4.69) is 11.9 Å². The summed E-state index contributed by atoms with van der Waals surface area (Å²) in [6.07, 6.45) is 5.23. The van der Waals surface area contributed by atoms with Crippen molar-refractivity contribution in [1.82, 2.24) is 9.88 Å². The van der Waals surface area contributed by atoms with Crippen LogP contribution in [-0.4, -0.2) is 34.9 Å². The highest BCUT2D eigenvalue weighted by Crippen LogP contribution is 2.26. The Morgan fingerprint density at radius 1 is 1.67 bits per heavy atom. The molecule has 2 heterocycles. The van der Waals surface area contributed by atoms with Crippen LogP contribution >= 0.6 is 11.6 Å². The minimum Gasteiger partial charge on any atom is -0.334 e. The SMILES string of the molecule is C[C@H]1CCCN(C(=O)c2ccncc2Cl)[C@@H]1CN. The maximum Gasteiger partial charge on any atom is 0.255 e. The number of hydrogen-bond donors (Lipinski definition) is 1. The highest BCUT2D eigenvalue weighted by atomic mass is 35.5. The topological polar surface area (TPSA) is 59.2 Å². The number of nitrogens with two attached hydrogens (primary N) is 1. The molecule has 0 saturated carbocycles. The van der Waals surface area contributed by atoms with Gasteiger partial charge in [-0.05, 0) is 24.8 Å². The fraction of sp³-hybridized carbons (Fsp3) is 0.538. The molecule has 98 valence electrons. The summed E-state index contributed by atoms with van der Waals surface area (Å²) in [5, 5.41) is 0.400. The maximum atomic E-state index is 12.5. The van der Waals surface area contributed by atoms with Crippen LogP contribution in [0.2, 0.25) is 5.02 Å². The van der Waals surface area contributed by atoms with Crippen molar-refractivity contribution in [2.75, 3.05) is 13.1 Å². The van der Waals surface area contributed by atoms with Crippen LogP contribution in [0.25, 0.3) is 0 Å². The van der Waals surface area contributed by atoms with Crippen LogP contribution < -0.4 is 5.73 Å². The summed E-state index contributed by atoms with van der Waals surface area (Å²) in [4.78, 5) is 18.2. The first-order valence-corrected chi connectivity index (χ1v) is 6.63. The molecule has 0 unspecified atom stereocenters. The van der Waals surface area contributed by atoms with E-state index in [4.69, 9.17) is 17.3 Å². The fourth-order valence-corrected chi connectivity index (χ4v) is 2.76. The molecule has 2 N–H and O–H groups in total. The van der Waals surface area contributed by atoms with Crippen molar-refractivity contribution < 1.29 is 4.79 Å². The maximum absolute atomic E-state index is 12.5. The Morgan fingerprint density at radius 2 is 2.44 bits per heavy atom. The number of nitrogens with zero attached hydrogens (tertiary/aromatic N) is 2. The highest BCUT2D eigenvalue weighted by molar-refractivity contribution is 6.33. The minimum atomic E-state index is -0.0376. The summed E-state index contributed by atoms with van der Waals surface area (Å²) in [6.45, 7) is 3.39. The Morgan fingerprint density at radius 3 is 3.11 bits per heavy atom. The highest BCUT2D eigenvalue weighted by Gasteiger charge is 2.31. The number of likely N-dealkylation sites (tertiary alicyclic amines) is 1. The molecule has 1 aliphatic heterocycles. The molecule has 0 radical (unpaired) electrons. The third-order valence-corrected chi connectivity index (χ3v) is 3.92. The zero-order valence-electron chi connectivity index (χ0n) is 10.5. The van der Waals surface area contributed by atoms with E-state index >= 15 is 0 Å². The Balaban J connectivity index is 2.25. The van der Waals surface area contributed by atoms with E-state index < -0.39 is 0 Å². The fourth-order valence-electron chi connectivity index (χ4n) is 2.56. The van der Waals surface area contributed by atoms with Gasteiger partial charge in [0.05, 0.1) is 10.6 Å². The smallest absolute Gasteiger partial charge is 0.255 e. The van der Waals surface area contributed by atoms with Crippen LogP contribution in [0.4, 0.5) is 0 Å². The number of aromatic nitrogens is 1. The van der Waals surface area contributed by atoms with Crippen molar-refractivity contribution in [3.8, 4) is 0 Å². The van der Waals surface area contributed by atoms with Crippen molar-refractivity contribution in [2.24, 2.45) is 11.7 Å². The Labute approximate surface area is 112 Å². The van der Waals surface area contributed by atoms with Gasteiger partial charge < -0.3 is 10.6 Å². The van der Waals surface area contributed by atoms with Gasteiger partial charge in [-0.2, -0.15) is 0 Å². The number of carbonyl (C=O) groups is 1. The quantitative estimate of drug-likeness (QED) is 0.891. The monoisotopic (exact) mass is 267 g/mol. The lowest BCUT2D eigenvalue weighted by Crippen LogP contribution is -2.51. The molecule has 0 bridgehead atoms. The van der Waals surface area contributed by atoms with Gasteiger partial charge in [0.1, 0.15) is 0 Å². The summed E-state index contributed by atoms with van der Waals surface area (Å²) >= 11 is 6.02. The normalized spacial score (nSPS) is 24.1. The van der Waals surface area contributed by atoms with E-state index in [0.29, 0.717) is 23.0 Å². The van der Waals surface area contributed by atoms with Crippen molar-refractivity contribution >= 4 is 17.5 Å². The molecule has 0 spiro atoms. The van der Waals surface area contributed by atoms with Crippen molar-refractivity contribution in [2.45, 2.75) is 25.8 Å². The largest absolute Gasteiger partial charge is 0.334 e. The molecule has 1 aliphatic rings. The second-order valence-corrected chi connectivity index (χ2v) is 5.18. The van der Waals surface area contributed by atoms with Crippen LogP contribution in [0, 0.1) is 5.92 Å².